The van der Waals surface area contributed by atoms with Crippen molar-refractivity contribution in [1.82, 2.24) is 24.9 Å². The van der Waals surface area contributed by atoms with Gasteiger partial charge in [-0.15, -0.1) is 10.2 Å². The van der Waals surface area contributed by atoms with Crippen LogP contribution in [-0.2, 0) is 11.8 Å². The van der Waals surface area contributed by atoms with E-state index in [4.69, 9.17) is 0 Å². The molecular weight excluding hydrogens is 409 g/mol. The third kappa shape index (κ3) is 5.38. The maximum absolute atomic E-state index is 12.6. The second-order valence-electron chi connectivity index (χ2n) is 7.88. The molecule has 164 valence electrons. The smallest absolute Gasteiger partial charge is 0.309 e. The van der Waals surface area contributed by atoms with Crippen LogP contribution in [0.5, 0.6) is 0 Å². The Balaban J connectivity index is 1.38. The van der Waals surface area contributed by atoms with Crippen molar-refractivity contribution < 1.29 is 18.0 Å². The Morgan fingerprint density at radius 2 is 1.94 bits per heavy atom. The van der Waals surface area contributed by atoms with Crippen molar-refractivity contribution in [3.05, 3.63) is 36.7 Å². The van der Waals surface area contributed by atoms with Crippen molar-refractivity contribution in [2.24, 2.45) is 13.0 Å². The number of nitrogens with one attached hydrogen (secondary N) is 1. The molecule has 31 heavy (non-hydrogen) atoms. The molecule has 1 amide bonds. The first-order chi connectivity index (χ1) is 14.8. The Labute approximate surface area is 177 Å². The van der Waals surface area contributed by atoms with Crippen molar-refractivity contribution in [2.75, 3.05) is 25.0 Å². The molecule has 2 aromatic heterocycles. The zero-order valence-corrected chi connectivity index (χ0v) is 17.1. The van der Waals surface area contributed by atoms with Crippen LogP contribution in [0.15, 0.2) is 36.7 Å². The number of hydrogen-bond donors (Lipinski definition) is 1. The van der Waals surface area contributed by atoms with E-state index < -0.39 is 12.6 Å². The molecule has 0 radical (unpaired) electrons. The van der Waals surface area contributed by atoms with E-state index in [0.29, 0.717) is 37.3 Å². The van der Waals surface area contributed by atoms with Crippen LogP contribution < -0.4 is 5.32 Å². The predicted molar refractivity (Wildman–Crippen MR) is 110 cm³/mol. The van der Waals surface area contributed by atoms with Gasteiger partial charge in [0.25, 0.3) is 0 Å². The summed E-state index contributed by atoms with van der Waals surface area (Å²) in [6, 6.07) is 7.56. The molecule has 0 aliphatic carbocycles. The van der Waals surface area contributed by atoms with Crippen LogP contribution >= 0.6 is 0 Å². The minimum atomic E-state index is -4.15. The molecule has 1 N–H and O–H groups in total. The molecule has 0 spiro atoms. The van der Waals surface area contributed by atoms with E-state index >= 15 is 0 Å². The summed E-state index contributed by atoms with van der Waals surface area (Å²) < 4.78 is 38.9. The molecule has 0 atom stereocenters. The fourth-order valence-electron chi connectivity index (χ4n) is 3.79. The van der Waals surface area contributed by atoms with Crippen molar-refractivity contribution in [2.45, 2.75) is 25.4 Å². The van der Waals surface area contributed by atoms with Crippen molar-refractivity contribution in [3.8, 4) is 11.1 Å². The first-order valence-electron chi connectivity index (χ1n) is 10.1. The summed E-state index contributed by atoms with van der Waals surface area (Å²) in [7, 11) is 1.85. The molecule has 7 nitrogen and oxygen atoms in total. The van der Waals surface area contributed by atoms with E-state index in [1.807, 2.05) is 31.4 Å². The number of carbonyl (C=O) groups is 1. The molecule has 1 aliphatic rings. The number of anilines is 1. The lowest BCUT2D eigenvalue weighted by molar-refractivity contribution is -0.139. The van der Waals surface area contributed by atoms with Crippen molar-refractivity contribution in [1.29, 1.82) is 0 Å². The molecule has 0 bridgehead atoms. The molecule has 1 saturated heterocycles. The Morgan fingerprint density at radius 1 is 1.16 bits per heavy atom. The minimum absolute atomic E-state index is 0.0206. The van der Waals surface area contributed by atoms with E-state index in [1.165, 1.54) is 0 Å². The highest BCUT2D eigenvalue weighted by molar-refractivity contribution is 5.94. The van der Waals surface area contributed by atoms with Gasteiger partial charge in [0.15, 0.2) is 5.82 Å². The van der Waals surface area contributed by atoms with Gasteiger partial charge < -0.3 is 10.2 Å². The third-order valence-electron chi connectivity index (χ3n) is 5.54. The average molecular weight is 432 g/mol. The lowest BCUT2D eigenvalue weighted by atomic mass is 9.96. The number of halogens is 3. The van der Waals surface area contributed by atoms with Gasteiger partial charge in [-0.2, -0.15) is 18.3 Å². The fourth-order valence-corrected chi connectivity index (χ4v) is 3.79. The highest BCUT2D eigenvalue weighted by Gasteiger charge is 2.30. The molecular formula is C21H23F3N6O. The molecule has 3 aromatic rings. The van der Waals surface area contributed by atoms with Gasteiger partial charge in [-0.05, 0) is 49.7 Å². The number of likely N-dealkylation sites (tertiary alicyclic amines) is 1. The number of fused-ring (bicyclic) bond motifs is 1. The molecule has 4 rings (SSSR count). The number of hydrogen-bond acceptors (Lipinski definition) is 5. The van der Waals surface area contributed by atoms with Crippen LogP contribution in [0, 0.1) is 5.92 Å². The van der Waals surface area contributed by atoms with Crippen molar-refractivity contribution >= 4 is 22.6 Å². The van der Waals surface area contributed by atoms with Gasteiger partial charge in [0.05, 0.1) is 18.1 Å². The summed E-state index contributed by atoms with van der Waals surface area (Å²) in [4.78, 5) is 14.4. The maximum atomic E-state index is 12.6. The third-order valence-corrected chi connectivity index (χ3v) is 5.54. The summed E-state index contributed by atoms with van der Waals surface area (Å²) >= 11 is 0. The number of amides is 1. The largest absolute Gasteiger partial charge is 0.390 e. The zero-order chi connectivity index (χ0) is 22.0. The SMILES string of the molecule is Cn1cc(-c2ccc3nnc(NC(=O)C4CCN(CCC(F)(F)F)CC4)cc3c2)cn1. The van der Waals surface area contributed by atoms with Crippen molar-refractivity contribution in [3.63, 3.8) is 0 Å². The number of piperidine rings is 1. The van der Waals surface area contributed by atoms with E-state index in [1.54, 1.807) is 21.8 Å². The lowest BCUT2D eigenvalue weighted by Gasteiger charge is -2.31. The lowest BCUT2D eigenvalue weighted by Crippen LogP contribution is -2.39. The Hall–Kier alpha value is -3.01. The van der Waals surface area contributed by atoms with Gasteiger partial charge in [0, 0.05) is 36.7 Å². The predicted octanol–water partition coefficient (Wildman–Crippen LogP) is 3.63. The topological polar surface area (TPSA) is 75.9 Å². The van der Waals surface area contributed by atoms with Gasteiger partial charge in [-0.25, -0.2) is 0 Å². The van der Waals surface area contributed by atoms with Crippen LogP contribution in [0.4, 0.5) is 19.0 Å². The van der Waals surface area contributed by atoms with Crippen LogP contribution in [0.25, 0.3) is 22.0 Å². The minimum Gasteiger partial charge on any atom is -0.309 e. The molecule has 1 fully saturated rings. The number of aromatic nitrogens is 4. The van der Waals surface area contributed by atoms with Crippen LogP contribution in [0.1, 0.15) is 19.3 Å². The monoisotopic (exact) mass is 432 g/mol. The fraction of sp³-hybridized carbons (Fsp3) is 0.429. The first-order valence-corrected chi connectivity index (χ1v) is 10.1. The van der Waals surface area contributed by atoms with Gasteiger partial charge in [-0.3, -0.25) is 9.48 Å². The van der Waals surface area contributed by atoms with Gasteiger partial charge in [0.2, 0.25) is 5.91 Å². The second kappa shape index (κ2) is 8.62. The molecule has 1 aliphatic heterocycles. The van der Waals surface area contributed by atoms with Crippen LogP contribution in [-0.4, -0.2) is 56.6 Å². The average Bonchev–Trinajstić information content (AvgIpc) is 3.18. The summed E-state index contributed by atoms with van der Waals surface area (Å²) in [5.74, 6) is -0.0609. The molecule has 10 heteroatoms. The number of alkyl halides is 3. The van der Waals surface area contributed by atoms with Gasteiger partial charge in [0.1, 0.15) is 0 Å². The second-order valence-corrected chi connectivity index (χ2v) is 7.88. The quantitative estimate of drug-likeness (QED) is 0.666. The first kappa shape index (κ1) is 21.2. The zero-order valence-electron chi connectivity index (χ0n) is 17.1. The molecule has 0 unspecified atom stereocenters. The van der Waals surface area contributed by atoms with E-state index in [9.17, 15) is 18.0 Å². The summed E-state index contributed by atoms with van der Waals surface area (Å²) in [6.07, 6.45) is -0.234. The number of carbonyl (C=O) groups excluding carboxylic acids is 1. The number of aryl methyl sites for hydroxylation is 1. The van der Waals surface area contributed by atoms with Gasteiger partial charge in [-0.1, -0.05) is 6.07 Å². The molecule has 0 saturated carbocycles. The Bertz CT molecular complexity index is 1070. The highest BCUT2D eigenvalue weighted by Crippen LogP contribution is 2.26. The van der Waals surface area contributed by atoms with E-state index in [-0.39, 0.29) is 18.4 Å². The van der Waals surface area contributed by atoms with Gasteiger partial charge >= 0.3 is 6.18 Å². The van der Waals surface area contributed by atoms with E-state index in [0.717, 1.165) is 16.5 Å². The normalized spacial score (nSPS) is 16.0. The summed E-state index contributed by atoms with van der Waals surface area (Å²) in [5.41, 5.74) is 2.67. The highest BCUT2D eigenvalue weighted by atomic mass is 19.4. The Kier molecular flexibility index (Phi) is 5.90. The standard InChI is InChI=1S/C21H23F3N6O/c1-29-13-17(12-25-29)15-2-3-18-16(10-15)11-19(28-27-18)26-20(31)14-4-7-30(8-5-14)9-6-21(22,23)24/h2-3,10-14H,4-9H2,1H3,(H,26,28,31). The number of benzene rings is 1. The van der Waals surface area contributed by atoms with Crippen LogP contribution in [0.2, 0.25) is 0 Å². The summed E-state index contributed by atoms with van der Waals surface area (Å²) in [6.45, 7) is 0.936. The number of rotatable bonds is 5. The Morgan fingerprint density at radius 3 is 2.61 bits per heavy atom. The molecule has 3 heterocycles. The van der Waals surface area contributed by atoms with Crippen LogP contribution in [0.3, 0.4) is 0 Å². The van der Waals surface area contributed by atoms with E-state index in [2.05, 4.69) is 20.6 Å². The summed E-state index contributed by atoms with van der Waals surface area (Å²) in [5, 5.41) is 16.1. The number of nitrogens with zero attached hydrogens (tertiary/aromatic N) is 5. The molecule has 1 aromatic carbocycles. The maximum Gasteiger partial charge on any atom is 0.390 e.